The minimum Gasteiger partial charge on any atom is -0.488 e. The van der Waals surface area contributed by atoms with E-state index in [2.05, 4.69) is 20.9 Å². The lowest BCUT2D eigenvalue weighted by Gasteiger charge is -2.23. The fourth-order valence-corrected chi connectivity index (χ4v) is 2.24. The standard InChI is InChI=1S/C19H30N4O2.HI/c1-5-20-18(22-13-17(24)23-15-10-11-15)21-12-14-8-6-7-9-16(14)25-19(2,3)4;/h6-9,15H,5,10-13H2,1-4H3,(H,23,24)(H2,20,21,22);1H. The van der Waals surface area contributed by atoms with Gasteiger partial charge in [-0.05, 0) is 46.6 Å². The maximum Gasteiger partial charge on any atom is 0.239 e. The van der Waals surface area contributed by atoms with Crippen molar-refractivity contribution in [3.63, 3.8) is 0 Å². The summed E-state index contributed by atoms with van der Waals surface area (Å²) in [6.07, 6.45) is 2.18. The molecule has 26 heavy (non-hydrogen) atoms. The Labute approximate surface area is 173 Å². The number of nitrogens with one attached hydrogen (secondary N) is 3. The highest BCUT2D eigenvalue weighted by Crippen LogP contribution is 2.23. The van der Waals surface area contributed by atoms with Crippen molar-refractivity contribution in [2.24, 2.45) is 4.99 Å². The zero-order valence-electron chi connectivity index (χ0n) is 16.1. The largest absolute Gasteiger partial charge is 0.488 e. The molecular weight excluding hydrogens is 443 g/mol. The smallest absolute Gasteiger partial charge is 0.239 e. The van der Waals surface area contributed by atoms with Crippen LogP contribution in [-0.2, 0) is 11.3 Å². The van der Waals surface area contributed by atoms with Crippen LogP contribution < -0.4 is 20.7 Å². The zero-order chi connectivity index (χ0) is 18.3. The Balaban J connectivity index is 0.00000338. The molecule has 0 heterocycles. The second kappa shape index (κ2) is 10.6. The van der Waals surface area contributed by atoms with Crippen LogP contribution in [0.2, 0.25) is 0 Å². The van der Waals surface area contributed by atoms with E-state index in [-0.39, 0.29) is 42.0 Å². The molecule has 0 aromatic heterocycles. The van der Waals surface area contributed by atoms with Gasteiger partial charge in [-0.15, -0.1) is 24.0 Å². The van der Waals surface area contributed by atoms with E-state index in [9.17, 15) is 4.79 Å². The van der Waals surface area contributed by atoms with Crippen LogP contribution in [0.15, 0.2) is 29.3 Å². The first-order chi connectivity index (χ1) is 11.9. The van der Waals surface area contributed by atoms with E-state index in [0.29, 0.717) is 18.5 Å². The second-order valence-electron chi connectivity index (χ2n) is 7.21. The molecule has 1 aromatic rings. The molecule has 0 radical (unpaired) electrons. The summed E-state index contributed by atoms with van der Waals surface area (Å²) in [6, 6.07) is 8.27. The van der Waals surface area contributed by atoms with Crippen molar-refractivity contribution in [2.45, 2.75) is 58.7 Å². The van der Waals surface area contributed by atoms with E-state index in [1.165, 1.54) is 0 Å². The van der Waals surface area contributed by atoms with Crippen LogP contribution in [0.5, 0.6) is 5.75 Å². The molecular formula is C19H31IN4O2. The summed E-state index contributed by atoms with van der Waals surface area (Å²) in [4.78, 5) is 16.4. The number of guanidine groups is 1. The third-order valence-corrected chi connectivity index (χ3v) is 3.50. The number of rotatable bonds is 7. The Morgan fingerprint density at radius 1 is 1.23 bits per heavy atom. The molecule has 1 fully saturated rings. The van der Waals surface area contributed by atoms with Crippen molar-refractivity contribution >= 4 is 35.8 Å². The van der Waals surface area contributed by atoms with E-state index in [1.807, 2.05) is 52.0 Å². The van der Waals surface area contributed by atoms with Gasteiger partial charge in [-0.1, -0.05) is 18.2 Å². The molecule has 1 amide bonds. The highest BCUT2D eigenvalue weighted by molar-refractivity contribution is 14.0. The lowest BCUT2D eigenvalue weighted by molar-refractivity contribution is -0.120. The quantitative estimate of drug-likeness (QED) is 0.323. The molecule has 0 saturated heterocycles. The van der Waals surface area contributed by atoms with Crippen molar-refractivity contribution < 1.29 is 9.53 Å². The Morgan fingerprint density at radius 2 is 1.92 bits per heavy atom. The normalized spacial score (nSPS) is 14.2. The van der Waals surface area contributed by atoms with Gasteiger partial charge in [0.05, 0.1) is 13.1 Å². The van der Waals surface area contributed by atoms with Gasteiger partial charge in [0.25, 0.3) is 0 Å². The van der Waals surface area contributed by atoms with Crippen molar-refractivity contribution in [3.8, 4) is 5.75 Å². The molecule has 0 atom stereocenters. The number of hydrogen-bond donors (Lipinski definition) is 3. The van der Waals surface area contributed by atoms with E-state index in [1.54, 1.807) is 0 Å². The maximum atomic E-state index is 11.8. The lowest BCUT2D eigenvalue weighted by atomic mass is 10.1. The third kappa shape index (κ3) is 8.73. The highest BCUT2D eigenvalue weighted by atomic mass is 127. The van der Waals surface area contributed by atoms with Crippen LogP contribution in [0.4, 0.5) is 0 Å². The van der Waals surface area contributed by atoms with Gasteiger partial charge in [0.1, 0.15) is 11.4 Å². The van der Waals surface area contributed by atoms with Crippen molar-refractivity contribution in [1.29, 1.82) is 0 Å². The van der Waals surface area contributed by atoms with Gasteiger partial charge in [0, 0.05) is 18.2 Å². The van der Waals surface area contributed by atoms with E-state index >= 15 is 0 Å². The molecule has 1 aliphatic carbocycles. The number of carbonyl (C=O) groups is 1. The Bertz CT molecular complexity index is 610. The molecule has 0 aliphatic heterocycles. The lowest BCUT2D eigenvalue weighted by Crippen LogP contribution is -2.43. The van der Waals surface area contributed by atoms with E-state index < -0.39 is 0 Å². The molecule has 1 saturated carbocycles. The summed E-state index contributed by atoms with van der Waals surface area (Å²) in [5.41, 5.74) is 0.751. The number of para-hydroxylation sites is 1. The summed E-state index contributed by atoms with van der Waals surface area (Å²) >= 11 is 0. The van der Waals surface area contributed by atoms with Crippen molar-refractivity contribution in [1.82, 2.24) is 16.0 Å². The molecule has 0 spiro atoms. The van der Waals surface area contributed by atoms with Crippen LogP contribution >= 0.6 is 24.0 Å². The monoisotopic (exact) mass is 474 g/mol. The number of ether oxygens (including phenoxy) is 1. The topological polar surface area (TPSA) is 74.8 Å². The van der Waals surface area contributed by atoms with Gasteiger partial charge in [-0.2, -0.15) is 0 Å². The number of hydrogen-bond acceptors (Lipinski definition) is 3. The van der Waals surface area contributed by atoms with Gasteiger partial charge in [-0.3, -0.25) is 4.79 Å². The fourth-order valence-electron chi connectivity index (χ4n) is 2.24. The Kier molecular flexibility index (Phi) is 9.18. The number of carbonyl (C=O) groups excluding carboxylic acids is 1. The molecule has 1 aromatic carbocycles. The summed E-state index contributed by atoms with van der Waals surface area (Å²) < 4.78 is 6.00. The molecule has 6 nitrogen and oxygen atoms in total. The first-order valence-corrected chi connectivity index (χ1v) is 8.96. The fraction of sp³-hybridized carbons (Fsp3) is 0.579. The number of aliphatic imine (C=N–C) groups is 1. The number of benzene rings is 1. The van der Waals surface area contributed by atoms with Gasteiger partial charge in [0.2, 0.25) is 5.91 Å². The Morgan fingerprint density at radius 3 is 2.54 bits per heavy atom. The van der Waals surface area contributed by atoms with Crippen LogP contribution in [0.1, 0.15) is 46.1 Å². The minimum absolute atomic E-state index is 0. The minimum atomic E-state index is -0.260. The number of nitrogens with zero attached hydrogens (tertiary/aromatic N) is 1. The van der Waals surface area contributed by atoms with Gasteiger partial charge < -0.3 is 20.7 Å². The van der Waals surface area contributed by atoms with Gasteiger partial charge in [0.15, 0.2) is 5.96 Å². The maximum absolute atomic E-state index is 11.8. The van der Waals surface area contributed by atoms with Crippen LogP contribution in [0, 0.1) is 0 Å². The summed E-state index contributed by atoms with van der Waals surface area (Å²) in [5, 5.41) is 9.20. The Hall–Kier alpha value is -1.51. The van der Waals surface area contributed by atoms with E-state index in [4.69, 9.17) is 4.74 Å². The molecule has 1 aliphatic rings. The summed E-state index contributed by atoms with van der Waals surface area (Å²) in [7, 11) is 0. The molecule has 7 heteroatoms. The van der Waals surface area contributed by atoms with Crippen LogP contribution in [0.25, 0.3) is 0 Å². The highest BCUT2D eigenvalue weighted by Gasteiger charge is 2.23. The number of halogens is 1. The van der Waals surface area contributed by atoms with Crippen LogP contribution in [0.3, 0.4) is 0 Å². The molecule has 146 valence electrons. The molecule has 3 N–H and O–H groups in total. The SMILES string of the molecule is CCNC(=NCc1ccccc1OC(C)(C)C)NCC(=O)NC1CC1.I. The first-order valence-electron chi connectivity index (χ1n) is 8.96. The predicted molar refractivity (Wildman–Crippen MR) is 116 cm³/mol. The third-order valence-electron chi connectivity index (χ3n) is 3.50. The molecule has 0 unspecified atom stereocenters. The average Bonchev–Trinajstić information content (AvgIpc) is 3.34. The van der Waals surface area contributed by atoms with Crippen molar-refractivity contribution in [3.05, 3.63) is 29.8 Å². The van der Waals surface area contributed by atoms with E-state index in [0.717, 1.165) is 30.7 Å². The number of amides is 1. The predicted octanol–water partition coefficient (Wildman–Crippen LogP) is 2.82. The van der Waals surface area contributed by atoms with Crippen LogP contribution in [-0.4, -0.2) is 36.6 Å². The van der Waals surface area contributed by atoms with Crippen molar-refractivity contribution in [2.75, 3.05) is 13.1 Å². The van der Waals surface area contributed by atoms with Gasteiger partial charge >= 0.3 is 0 Å². The van der Waals surface area contributed by atoms with Gasteiger partial charge in [-0.25, -0.2) is 4.99 Å². The first kappa shape index (κ1) is 22.5. The second-order valence-corrected chi connectivity index (χ2v) is 7.21. The summed E-state index contributed by atoms with van der Waals surface area (Å²) in [5.74, 6) is 1.46. The molecule has 2 rings (SSSR count). The summed E-state index contributed by atoms with van der Waals surface area (Å²) in [6.45, 7) is 9.51. The zero-order valence-corrected chi connectivity index (χ0v) is 18.4. The average molecular weight is 474 g/mol. The molecule has 0 bridgehead atoms.